The zero-order valence-corrected chi connectivity index (χ0v) is 12.2. The maximum absolute atomic E-state index is 4.77. The second-order valence-corrected chi connectivity index (χ2v) is 5.30. The fourth-order valence-electron chi connectivity index (χ4n) is 2.82. The van der Waals surface area contributed by atoms with Gasteiger partial charge in [0.1, 0.15) is 0 Å². The molecule has 3 aromatic rings. The van der Waals surface area contributed by atoms with Crippen molar-refractivity contribution in [2.75, 3.05) is 11.9 Å². The van der Waals surface area contributed by atoms with E-state index < -0.39 is 0 Å². The van der Waals surface area contributed by atoms with Crippen molar-refractivity contribution < 1.29 is 0 Å². The molecule has 0 aliphatic carbocycles. The highest BCUT2D eigenvalue weighted by atomic mass is 15.3. The Bertz CT molecular complexity index is 765. The lowest BCUT2D eigenvalue weighted by atomic mass is 10.1. The molecule has 2 N–H and O–H groups in total. The molecule has 3 heterocycles. The first-order valence-corrected chi connectivity index (χ1v) is 7.45. The molecule has 1 aromatic carbocycles. The van der Waals surface area contributed by atoms with E-state index in [1.165, 1.54) is 5.69 Å². The molecule has 5 nitrogen and oxygen atoms in total. The molecule has 0 bridgehead atoms. The van der Waals surface area contributed by atoms with Crippen molar-refractivity contribution >= 4 is 11.5 Å². The highest BCUT2D eigenvalue weighted by molar-refractivity contribution is 5.80. The quantitative estimate of drug-likeness (QED) is 0.779. The third-order valence-corrected chi connectivity index (χ3v) is 3.86. The molecule has 0 saturated carbocycles. The Morgan fingerprint density at radius 3 is 2.68 bits per heavy atom. The summed E-state index contributed by atoms with van der Waals surface area (Å²) in [5, 5.41) is 11.6. The molecule has 5 heteroatoms. The molecule has 110 valence electrons. The number of pyridine rings is 1. The van der Waals surface area contributed by atoms with E-state index >= 15 is 0 Å². The Morgan fingerprint density at radius 1 is 1.05 bits per heavy atom. The topological polar surface area (TPSA) is 54.8 Å². The van der Waals surface area contributed by atoms with Gasteiger partial charge in [-0.15, -0.1) is 0 Å². The number of hydrogen-bond donors (Lipinski definition) is 2. The third-order valence-electron chi connectivity index (χ3n) is 3.86. The number of hydrogen-bond acceptors (Lipinski definition) is 4. The largest absolute Gasteiger partial charge is 0.338 e. The van der Waals surface area contributed by atoms with Crippen LogP contribution in [0.1, 0.15) is 5.69 Å². The van der Waals surface area contributed by atoms with Gasteiger partial charge in [0.2, 0.25) is 0 Å². The molecule has 0 atom stereocenters. The van der Waals surface area contributed by atoms with Crippen LogP contribution in [0.4, 0.5) is 11.5 Å². The molecule has 0 radical (unpaired) electrons. The lowest BCUT2D eigenvalue weighted by Gasteiger charge is -2.16. The smallest absolute Gasteiger partial charge is 0.160 e. The second-order valence-electron chi connectivity index (χ2n) is 5.30. The van der Waals surface area contributed by atoms with Gasteiger partial charge in [0.15, 0.2) is 5.82 Å². The summed E-state index contributed by atoms with van der Waals surface area (Å²) >= 11 is 0. The first kappa shape index (κ1) is 13.0. The van der Waals surface area contributed by atoms with Crippen molar-refractivity contribution in [1.29, 1.82) is 0 Å². The zero-order valence-electron chi connectivity index (χ0n) is 12.2. The van der Waals surface area contributed by atoms with Crippen LogP contribution in [0.15, 0.2) is 54.9 Å². The van der Waals surface area contributed by atoms with E-state index in [1.54, 1.807) is 0 Å². The minimum atomic E-state index is 0.834. The normalized spacial score (nSPS) is 13.6. The van der Waals surface area contributed by atoms with Crippen LogP contribution in [0.25, 0.3) is 11.1 Å². The average molecular weight is 291 g/mol. The minimum absolute atomic E-state index is 0.834. The Hall–Kier alpha value is -2.66. The van der Waals surface area contributed by atoms with E-state index in [4.69, 9.17) is 5.10 Å². The number of fused-ring (bicyclic) bond motifs is 1. The van der Waals surface area contributed by atoms with E-state index in [9.17, 15) is 0 Å². The van der Waals surface area contributed by atoms with Gasteiger partial charge in [-0.05, 0) is 29.8 Å². The minimum Gasteiger partial charge on any atom is -0.338 e. The Balaban J connectivity index is 1.82. The molecular formula is C17H17N5. The van der Waals surface area contributed by atoms with E-state index in [0.29, 0.717) is 0 Å². The van der Waals surface area contributed by atoms with Gasteiger partial charge in [0.05, 0.1) is 12.2 Å². The number of nitrogens with zero attached hydrogens (tertiary/aromatic N) is 3. The molecule has 1 aliphatic rings. The highest BCUT2D eigenvalue weighted by Gasteiger charge is 2.21. The van der Waals surface area contributed by atoms with Gasteiger partial charge < -0.3 is 10.6 Å². The summed E-state index contributed by atoms with van der Waals surface area (Å²) in [6, 6.07) is 14.2. The monoisotopic (exact) mass is 291 g/mol. The molecule has 0 amide bonds. The highest BCUT2D eigenvalue weighted by Crippen LogP contribution is 2.33. The van der Waals surface area contributed by atoms with Crippen molar-refractivity contribution in [2.24, 2.45) is 0 Å². The Kier molecular flexibility index (Phi) is 3.33. The number of rotatable bonds is 3. The lowest BCUT2D eigenvalue weighted by Crippen LogP contribution is -2.28. The number of nitrogens with one attached hydrogen (secondary N) is 2. The van der Waals surface area contributed by atoms with Crippen LogP contribution in [0.2, 0.25) is 0 Å². The standard InChI is InChI=1S/C17H17N5/c1-2-4-14(5-3-1)20-17-16(13-6-8-18-9-7-13)15-12-19-10-11-22(15)21-17/h1-9,19H,10-12H2,(H,20,21). The van der Waals surface area contributed by atoms with E-state index in [1.807, 2.05) is 54.9 Å². The molecular weight excluding hydrogens is 274 g/mol. The van der Waals surface area contributed by atoms with E-state index in [-0.39, 0.29) is 0 Å². The zero-order chi connectivity index (χ0) is 14.8. The van der Waals surface area contributed by atoms with Gasteiger partial charge in [-0.25, -0.2) is 0 Å². The molecule has 0 fully saturated rings. The van der Waals surface area contributed by atoms with Crippen LogP contribution in [0.3, 0.4) is 0 Å². The summed E-state index contributed by atoms with van der Waals surface area (Å²) in [7, 11) is 0. The number of aromatic nitrogens is 3. The maximum atomic E-state index is 4.77. The van der Waals surface area contributed by atoms with Crippen LogP contribution in [0.5, 0.6) is 0 Å². The predicted octanol–water partition coefficient (Wildman–Crippen LogP) is 2.79. The van der Waals surface area contributed by atoms with Crippen LogP contribution in [-0.2, 0) is 13.1 Å². The maximum Gasteiger partial charge on any atom is 0.160 e. The van der Waals surface area contributed by atoms with Gasteiger partial charge in [-0.3, -0.25) is 9.67 Å². The SMILES string of the molecule is c1ccc(Nc2nn3c(c2-c2ccncc2)CNCC3)cc1. The van der Waals surface area contributed by atoms with Crippen LogP contribution in [0, 0.1) is 0 Å². The summed E-state index contributed by atoms with van der Waals surface area (Å²) in [6.07, 6.45) is 3.64. The molecule has 22 heavy (non-hydrogen) atoms. The molecule has 0 unspecified atom stereocenters. The van der Waals surface area contributed by atoms with E-state index in [0.717, 1.165) is 42.3 Å². The Labute approximate surface area is 129 Å². The number of benzene rings is 1. The summed E-state index contributed by atoms with van der Waals surface area (Å²) in [4.78, 5) is 4.12. The Morgan fingerprint density at radius 2 is 1.86 bits per heavy atom. The van der Waals surface area contributed by atoms with Gasteiger partial charge in [-0.2, -0.15) is 5.10 Å². The lowest BCUT2D eigenvalue weighted by molar-refractivity contribution is 0.477. The van der Waals surface area contributed by atoms with Crippen molar-refractivity contribution in [3.63, 3.8) is 0 Å². The van der Waals surface area contributed by atoms with Crippen molar-refractivity contribution in [3.8, 4) is 11.1 Å². The van der Waals surface area contributed by atoms with Gasteiger partial charge in [0.25, 0.3) is 0 Å². The molecule has 0 spiro atoms. The van der Waals surface area contributed by atoms with Gasteiger partial charge >= 0.3 is 0 Å². The first-order chi connectivity index (χ1) is 10.9. The summed E-state index contributed by atoms with van der Waals surface area (Å²) < 4.78 is 2.09. The van der Waals surface area contributed by atoms with Gasteiger partial charge in [-0.1, -0.05) is 18.2 Å². The fourth-order valence-corrected chi connectivity index (χ4v) is 2.82. The molecule has 0 saturated heterocycles. The van der Waals surface area contributed by atoms with Crippen LogP contribution >= 0.6 is 0 Å². The second kappa shape index (κ2) is 5.61. The summed E-state index contributed by atoms with van der Waals surface area (Å²) in [5.74, 6) is 0.899. The average Bonchev–Trinajstić information content (AvgIpc) is 2.94. The molecule has 1 aliphatic heterocycles. The van der Waals surface area contributed by atoms with Crippen LogP contribution in [-0.4, -0.2) is 21.3 Å². The predicted molar refractivity (Wildman–Crippen MR) is 86.9 cm³/mol. The van der Waals surface area contributed by atoms with Gasteiger partial charge in [0, 0.05) is 36.7 Å². The van der Waals surface area contributed by atoms with Crippen molar-refractivity contribution in [2.45, 2.75) is 13.1 Å². The molecule has 2 aromatic heterocycles. The number of anilines is 2. The van der Waals surface area contributed by atoms with E-state index in [2.05, 4.69) is 20.3 Å². The summed E-state index contributed by atoms with van der Waals surface area (Å²) in [5.41, 5.74) is 4.55. The first-order valence-electron chi connectivity index (χ1n) is 7.45. The fraction of sp³-hybridized carbons (Fsp3) is 0.176. The third kappa shape index (κ3) is 2.35. The summed E-state index contributed by atoms with van der Waals surface area (Å²) in [6.45, 7) is 2.68. The van der Waals surface area contributed by atoms with Crippen molar-refractivity contribution in [3.05, 3.63) is 60.6 Å². The van der Waals surface area contributed by atoms with Crippen LogP contribution < -0.4 is 10.6 Å². The molecule has 4 rings (SSSR count). The number of para-hydroxylation sites is 1. The van der Waals surface area contributed by atoms with Crippen molar-refractivity contribution in [1.82, 2.24) is 20.1 Å².